The highest BCUT2D eigenvalue weighted by Crippen LogP contribution is 2.25. The number of piperidine rings is 1. The maximum Gasteiger partial charge on any atom is 0.322 e. The zero-order valence-electron chi connectivity index (χ0n) is 26.4. The Hall–Kier alpha value is -4.01. The molecule has 1 aliphatic rings. The Morgan fingerprint density at radius 2 is 1.74 bits per heavy atom. The van der Waals surface area contributed by atoms with E-state index >= 15 is 0 Å². The van der Waals surface area contributed by atoms with Crippen LogP contribution in [-0.4, -0.2) is 66.6 Å². The SMILES string of the molecule is CCCCCN(C(=O)Nc1cc(C(N)=O)c(F)cc1F)C1CCN(Cc2ccc(Oc3ccc(NS(=O)(=O)CC)cc3)nc2)CC1.Cl. The molecule has 3 amide bonds. The molecule has 0 aliphatic carbocycles. The molecule has 0 unspecified atom stereocenters. The monoisotopic (exact) mass is 694 g/mol. The second kappa shape index (κ2) is 17.2. The van der Waals surface area contributed by atoms with Gasteiger partial charge in [0, 0.05) is 56.2 Å². The maximum atomic E-state index is 14.5. The van der Waals surface area contributed by atoms with Crippen LogP contribution in [0.4, 0.5) is 25.0 Å². The third-order valence-corrected chi connectivity index (χ3v) is 9.07. The summed E-state index contributed by atoms with van der Waals surface area (Å²) in [6.45, 7) is 6.23. The molecule has 11 nitrogen and oxygen atoms in total. The summed E-state index contributed by atoms with van der Waals surface area (Å²) in [4.78, 5) is 33.2. The van der Waals surface area contributed by atoms with Crippen molar-refractivity contribution in [2.75, 3.05) is 35.4 Å². The second-order valence-electron chi connectivity index (χ2n) is 11.2. The Morgan fingerprint density at radius 3 is 2.34 bits per heavy atom. The highest BCUT2D eigenvalue weighted by molar-refractivity contribution is 7.92. The maximum absolute atomic E-state index is 14.5. The van der Waals surface area contributed by atoms with Gasteiger partial charge in [-0.25, -0.2) is 27.0 Å². The number of urea groups is 1. The summed E-state index contributed by atoms with van der Waals surface area (Å²) in [5.41, 5.74) is 5.84. The van der Waals surface area contributed by atoms with E-state index in [1.807, 2.05) is 6.07 Å². The number of primary amides is 1. The fourth-order valence-corrected chi connectivity index (χ4v) is 5.82. The van der Waals surface area contributed by atoms with Crippen molar-refractivity contribution in [1.29, 1.82) is 0 Å². The van der Waals surface area contributed by atoms with E-state index < -0.39 is 39.2 Å². The zero-order chi connectivity index (χ0) is 33.3. The minimum atomic E-state index is -3.36. The van der Waals surface area contributed by atoms with Crippen molar-refractivity contribution in [3.8, 4) is 11.6 Å². The molecule has 0 saturated carbocycles. The number of amides is 3. The van der Waals surface area contributed by atoms with Gasteiger partial charge in [0.1, 0.15) is 17.4 Å². The van der Waals surface area contributed by atoms with Gasteiger partial charge >= 0.3 is 6.03 Å². The number of nitrogens with one attached hydrogen (secondary N) is 2. The molecular weight excluding hydrogens is 654 g/mol. The number of hydrogen-bond donors (Lipinski definition) is 3. The quantitative estimate of drug-likeness (QED) is 0.172. The molecule has 0 spiro atoms. The van der Waals surface area contributed by atoms with Crippen LogP contribution in [0.1, 0.15) is 61.9 Å². The number of unbranched alkanes of at least 4 members (excludes halogenated alkanes) is 2. The molecule has 4 rings (SSSR count). The van der Waals surface area contributed by atoms with Gasteiger partial charge in [-0.2, -0.15) is 0 Å². The number of anilines is 2. The molecule has 1 fully saturated rings. The number of ether oxygens (including phenoxy) is 1. The predicted molar refractivity (Wildman–Crippen MR) is 180 cm³/mol. The van der Waals surface area contributed by atoms with Crippen molar-refractivity contribution in [2.24, 2.45) is 5.73 Å². The standard InChI is InChI=1S/C32H40F2N6O5S.ClH/c1-3-5-6-15-40(32(42)37-29-18-26(31(35)41)27(33)19-28(29)34)24-13-16-39(17-14-24)21-22-7-12-30(36-20-22)45-25-10-8-23(9-11-25)38-46(43,44)4-2;/h7-12,18-20,24,38H,3-6,13-17,21H2,1-2H3,(H2,35,41)(H,37,42);1H. The Bertz CT molecular complexity index is 1610. The summed E-state index contributed by atoms with van der Waals surface area (Å²) in [6, 6.07) is 11.2. The van der Waals surface area contributed by atoms with E-state index in [0.29, 0.717) is 49.3 Å². The molecule has 256 valence electrons. The summed E-state index contributed by atoms with van der Waals surface area (Å²) in [7, 11) is -3.36. The van der Waals surface area contributed by atoms with E-state index in [0.717, 1.165) is 44.0 Å². The van der Waals surface area contributed by atoms with Gasteiger partial charge in [0.25, 0.3) is 5.91 Å². The highest BCUT2D eigenvalue weighted by Gasteiger charge is 2.29. The molecule has 0 radical (unpaired) electrons. The summed E-state index contributed by atoms with van der Waals surface area (Å²) < 4.78 is 60.2. The number of likely N-dealkylation sites (tertiary alicyclic amines) is 1. The molecule has 47 heavy (non-hydrogen) atoms. The van der Waals surface area contributed by atoms with Crippen LogP contribution in [-0.2, 0) is 16.6 Å². The Kier molecular flexibility index (Phi) is 13.7. The number of benzene rings is 2. The van der Waals surface area contributed by atoms with Crippen molar-refractivity contribution in [1.82, 2.24) is 14.8 Å². The number of carbonyl (C=O) groups excluding carboxylic acids is 2. The summed E-state index contributed by atoms with van der Waals surface area (Å²) in [5.74, 6) is -2.22. The Morgan fingerprint density at radius 1 is 1.04 bits per heavy atom. The zero-order valence-corrected chi connectivity index (χ0v) is 28.0. The largest absolute Gasteiger partial charge is 0.439 e. The number of sulfonamides is 1. The average Bonchev–Trinajstić information content (AvgIpc) is 3.03. The lowest BCUT2D eigenvalue weighted by Crippen LogP contribution is -2.49. The van der Waals surface area contributed by atoms with Crippen molar-refractivity contribution >= 4 is 45.7 Å². The van der Waals surface area contributed by atoms with E-state index in [4.69, 9.17) is 10.5 Å². The lowest BCUT2D eigenvalue weighted by Gasteiger charge is -2.38. The topological polar surface area (TPSA) is 147 Å². The smallest absolute Gasteiger partial charge is 0.322 e. The molecule has 2 heterocycles. The normalized spacial score (nSPS) is 13.8. The number of carbonyl (C=O) groups is 2. The Labute approximate surface area is 280 Å². The van der Waals surface area contributed by atoms with Crippen LogP contribution in [0.3, 0.4) is 0 Å². The van der Waals surface area contributed by atoms with Crippen LogP contribution in [0.15, 0.2) is 54.7 Å². The van der Waals surface area contributed by atoms with Gasteiger partial charge in [0.2, 0.25) is 15.9 Å². The van der Waals surface area contributed by atoms with Gasteiger partial charge in [-0.1, -0.05) is 25.8 Å². The third-order valence-electron chi connectivity index (χ3n) is 7.76. The van der Waals surface area contributed by atoms with Crippen LogP contribution < -0.4 is 20.5 Å². The van der Waals surface area contributed by atoms with Gasteiger partial charge < -0.3 is 20.7 Å². The molecular formula is C32H41ClF2N6O5S. The number of nitrogens with two attached hydrogens (primary N) is 1. The first-order valence-corrected chi connectivity index (χ1v) is 16.9. The van der Waals surface area contributed by atoms with Gasteiger partial charge in [-0.05, 0) is 62.1 Å². The molecule has 4 N–H and O–H groups in total. The highest BCUT2D eigenvalue weighted by atomic mass is 35.5. The van der Waals surface area contributed by atoms with E-state index in [1.165, 1.54) is 0 Å². The molecule has 1 aliphatic heterocycles. The first-order chi connectivity index (χ1) is 22.0. The minimum absolute atomic E-state index is 0. The first-order valence-electron chi connectivity index (χ1n) is 15.3. The third kappa shape index (κ3) is 10.8. The van der Waals surface area contributed by atoms with Crippen LogP contribution in [0, 0.1) is 11.6 Å². The summed E-state index contributed by atoms with van der Waals surface area (Å²) in [5, 5.41) is 2.52. The van der Waals surface area contributed by atoms with Crippen molar-refractivity contribution in [2.45, 2.75) is 58.5 Å². The van der Waals surface area contributed by atoms with Crippen molar-refractivity contribution < 1.29 is 31.5 Å². The van der Waals surface area contributed by atoms with Crippen molar-refractivity contribution in [3.05, 3.63) is 77.5 Å². The second-order valence-corrected chi connectivity index (χ2v) is 13.2. The molecule has 0 bridgehead atoms. The Balaban J connectivity index is 0.00000600. The van der Waals surface area contributed by atoms with Gasteiger partial charge in [-0.15, -0.1) is 12.4 Å². The molecule has 2 aromatic carbocycles. The van der Waals surface area contributed by atoms with E-state index in [9.17, 15) is 26.8 Å². The fourth-order valence-electron chi connectivity index (χ4n) is 5.18. The van der Waals surface area contributed by atoms with E-state index in [1.54, 1.807) is 48.4 Å². The van der Waals surface area contributed by atoms with Crippen LogP contribution in [0.2, 0.25) is 0 Å². The number of halogens is 3. The lowest BCUT2D eigenvalue weighted by atomic mass is 10.0. The first kappa shape index (κ1) is 37.4. The molecule has 3 aromatic rings. The predicted octanol–water partition coefficient (Wildman–Crippen LogP) is 6.12. The number of aromatic nitrogens is 1. The summed E-state index contributed by atoms with van der Waals surface area (Å²) >= 11 is 0. The van der Waals surface area contributed by atoms with Gasteiger partial charge in [0.15, 0.2) is 0 Å². The average molecular weight is 695 g/mol. The molecule has 15 heteroatoms. The minimum Gasteiger partial charge on any atom is -0.439 e. The molecule has 1 saturated heterocycles. The molecule has 0 atom stereocenters. The number of hydrogen-bond acceptors (Lipinski definition) is 7. The summed E-state index contributed by atoms with van der Waals surface area (Å²) in [6.07, 6.45) is 5.83. The molecule has 1 aromatic heterocycles. The van der Waals surface area contributed by atoms with E-state index in [2.05, 4.69) is 26.8 Å². The number of pyridine rings is 1. The van der Waals surface area contributed by atoms with Gasteiger partial charge in [0.05, 0.1) is 17.0 Å². The van der Waals surface area contributed by atoms with Crippen LogP contribution >= 0.6 is 12.4 Å². The fraction of sp³-hybridized carbons (Fsp3) is 0.406. The van der Waals surface area contributed by atoms with Crippen molar-refractivity contribution in [3.63, 3.8) is 0 Å². The number of rotatable bonds is 14. The number of nitrogens with zero attached hydrogens (tertiary/aromatic N) is 3. The van der Waals surface area contributed by atoms with Gasteiger partial charge in [-0.3, -0.25) is 14.4 Å². The van der Waals surface area contributed by atoms with Crippen LogP contribution in [0.25, 0.3) is 0 Å². The van der Waals surface area contributed by atoms with Crippen LogP contribution in [0.5, 0.6) is 11.6 Å². The lowest BCUT2D eigenvalue weighted by molar-refractivity contribution is 0.0996. The van der Waals surface area contributed by atoms with E-state index in [-0.39, 0.29) is 29.9 Å².